The number of nitrogens with one attached hydrogen (secondary N) is 1. The summed E-state index contributed by atoms with van der Waals surface area (Å²) < 4.78 is 5.80. The Kier molecular flexibility index (Phi) is 2.75. The molecule has 2 unspecified atom stereocenters. The lowest BCUT2D eigenvalue weighted by Crippen LogP contribution is -2.33. The van der Waals surface area contributed by atoms with E-state index in [2.05, 4.69) is 36.1 Å². The van der Waals surface area contributed by atoms with Crippen LogP contribution in [-0.2, 0) is 0 Å². The van der Waals surface area contributed by atoms with Crippen molar-refractivity contribution in [3.05, 3.63) is 17.7 Å². The van der Waals surface area contributed by atoms with Crippen LogP contribution in [0.25, 0.3) is 11.1 Å². The Labute approximate surface area is 147 Å². The summed E-state index contributed by atoms with van der Waals surface area (Å²) in [6.45, 7) is 10.3. The van der Waals surface area contributed by atoms with Crippen molar-refractivity contribution in [3.63, 3.8) is 0 Å². The number of hydrogen-bond donors (Lipinski definition) is 1. The van der Waals surface area contributed by atoms with E-state index in [0.717, 1.165) is 37.1 Å². The monoisotopic (exact) mass is 340 g/mol. The van der Waals surface area contributed by atoms with Crippen LogP contribution < -0.4 is 5.32 Å². The second kappa shape index (κ2) is 4.54. The van der Waals surface area contributed by atoms with E-state index in [1.165, 1.54) is 6.33 Å². The zero-order chi connectivity index (χ0) is 17.6. The van der Waals surface area contributed by atoms with Crippen LogP contribution >= 0.6 is 0 Å². The van der Waals surface area contributed by atoms with Crippen LogP contribution in [0.1, 0.15) is 49.7 Å². The van der Waals surface area contributed by atoms with Crippen molar-refractivity contribution in [3.8, 4) is 0 Å². The summed E-state index contributed by atoms with van der Waals surface area (Å²) in [5.74, 6) is 2.67. The lowest BCUT2D eigenvalue weighted by Gasteiger charge is -2.22. The van der Waals surface area contributed by atoms with Crippen molar-refractivity contribution in [2.24, 2.45) is 17.3 Å². The number of carbonyl (C=O) groups is 1. The van der Waals surface area contributed by atoms with Gasteiger partial charge in [0.25, 0.3) is 5.91 Å². The Bertz CT molecular complexity index is 882. The molecule has 2 saturated carbocycles. The first-order valence-electron chi connectivity index (χ1n) is 9.12. The number of aromatic nitrogens is 2. The molecule has 1 aliphatic heterocycles. The lowest BCUT2D eigenvalue weighted by atomic mass is 10.1. The third-order valence-electron chi connectivity index (χ3n) is 6.71. The number of carbonyl (C=O) groups excluding carboxylic acids is 1. The highest BCUT2D eigenvalue weighted by atomic mass is 16.3. The van der Waals surface area contributed by atoms with Crippen LogP contribution in [0.2, 0.25) is 0 Å². The van der Waals surface area contributed by atoms with Crippen LogP contribution in [0.5, 0.6) is 0 Å². The molecule has 3 heterocycles. The number of anilines is 1. The summed E-state index contributed by atoms with van der Waals surface area (Å²) in [6, 6.07) is 0. The van der Waals surface area contributed by atoms with Crippen molar-refractivity contribution in [1.82, 2.24) is 14.9 Å². The largest absolute Gasteiger partial charge is 0.442 e. The van der Waals surface area contributed by atoms with Crippen LogP contribution in [0.4, 0.5) is 5.82 Å². The Balaban J connectivity index is 1.52. The number of piperidine rings is 1. The van der Waals surface area contributed by atoms with Gasteiger partial charge in [-0.15, -0.1) is 0 Å². The van der Waals surface area contributed by atoms with Gasteiger partial charge >= 0.3 is 0 Å². The average Bonchev–Trinajstić information content (AvgIpc) is 3.22. The van der Waals surface area contributed by atoms with Crippen LogP contribution in [-0.4, -0.2) is 39.4 Å². The summed E-state index contributed by atoms with van der Waals surface area (Å²) in [5.41, 5.74) is 1.58. The zero-order valence-corrected chi connectivity index (χ0v) is 15.2. The predicted octanol–water partition coefficient (Wildman–Crippen LogP) is 3.22. The van der Waals surface area contributed by atoms with Crippen molar-refractivity contribution in [2.75, 3.05) is 18.4 Å². The molecule has 3 fully saturated rings. The smallest absolute Gasteiger partial charge is 0.258 e. The number of hydrogen-bond acceptors (Lipinski definition) is 5. The molecule has 1 N–H and O–H groups in total. The van der Waals surface area contributed by atoms with Crippen molar-refractivity contribution in [2.45, 2.75) is 46.1 Å². The predicted molar refractivity (Wildman–Crippen MR) is 94.5 cm³/mol. The molecule has 6 nitrogen and oxygen atoms in total. The van der Waals surface area contributed by atoms with Crippen LogP contribution in [0, 0.1) is 24.2 Å². The van der Waals surface area contributed by atoms with Gasteiger partial charge in [-0.3, -0.25) is 4.79 Å². The topological polar surface area (TPSA) is 71.3 Å². The van der Waals surface area contributed by atoms with E-state index in [-0.39, 0.29) is 11.4 Å². The van der Waals surface area contributed by atoms with Gasteiger partial charge in [-0.05, 0) is 43.9 Å². The number of aryl methyl sites for hydroxylation is 1. The number of rotatable bonds is 3. The summed E-state index contributed by atoms with van der Waals surface area (Å²) in [7, 11) is 0. The first-order valence-corrected chi connectivity index (χ1v) is 9.12. The molecule has 3 aliphatic rings. The second-order valence-electron chi connectivity index (χ2n) is 8.87. The molecule has 1 amide bonds. The number of nitrogens with zero attached hydrogens (tertiary/aromatic N) is 3. The Morgan fingerprint density at radius 1 is 1.24 bits per heavy atom. The molecule has 2 atom stereocenters. The molecule has 0 aromatic carbocycles. The molecule has 2 aliphatic carbocycles. The van der Waals surface area contributed by atoms with Gasteiger partial charge in [0.05, 0.1) is 10.9 Å². The van der Waals surface area contributed by atoms with E-state index in [0.29, 0.717) is 34.3 Å². The molecule has 0 spiro atoms. The zero-order valence-electron chi connectivity index (χ0n) is 15.2. The van der Waals surface area contributed by atoms with E-state index in [1.54, 1.807) is 0 Å². The standard InChI is InChI=1S/C19H24N4O2/c1-10-13(17(24)23-7-11-12(8-23)18(11,2)3)14-15(22-19(4)5-6-19)20-9-21-16(14)25-10/h9,11-12H,5-8H2,1-4H3,(H,20,21,22). The highest BCUT2D eigenvalue weighted by Gasteiger charge is 2.62. The molecular weight excluding hydrogens is 316 g/mol. The fourth-order valence-corrected chi connectivity index (χ4v) is 4.45. The first kappa shape index (κ1) is 15.2. The Morgan fingerprint density at radius 3 is 2.56 bits per heavy atom. The van der Waals surface area contributed by atoms with Crippen molar-refractivity contribution in [1.29, 1.82) is 0 Å². The number of amides is 1. The van der Waals surface area contributed by atoms with E-state index < -0.39 is 0 Å². The van der Waals surface area contributed by atoms with Gasteiger partial charge < -0.3 is 14.6 Å². The molecular formula is C19H24N4O2. The third-order valence-corrected chi connectivity index (χ3v) is 6.71. The van der Waals surface area contributed by atoms with Crippen molar-refractivity contribution < 1.29 is 9.21 Å². The highest BCUT2D eigenvalue weighted by Crippen LogP contribution is 2.62. The summed E-state index contributed by atoms with van der Waals surface area (Å²) >= 11 is 0. The molecule has 0 bridgehead atoms. The molecule has 6 heteroatoms. The molecule has 2 aromatic heterocycles. The fraction of sp³-hybridized carbons (Fsp3) is 0.632. The van der Waals surface area contributed by atoms with Gasteiger partial charge in [-0.25, -0.2) is 9.97 Å². The van der Waals surface area contributed by atoms with Gasteiger partial charge in [0, 0.05) is 18.6 Å². The maximum Gasteiger partial charge on any atom is 0.258 e. The first-order chi connectivity index (χ1) is 11.8. The van der Waals surface area contributed by atoms with Gasteiger partial charge in [-0.1, -0.05) is 13.8 Å². The minimum atomic E-state index is 0.0538. The molecule has 25 heavy (non-hydrogen) atoms. The maximum atomic E-state index is 13.2. The summed E-state index contributed by atoms with van der Waals surface area (Å²) in [5, 5.41) is 4.22. The maximum absolute atomic E-state index is 13.2. The Morgan fingerprint density at radius 2 is 1.92 bits per heavy atom. The van der Waals surface area contributed by atoms with Crippen LogP contribution in [0.3, 0.4) is 0 Å². The second-order valence-corrected chi connectivity index (χ2v) is 8.87. The van der Waals surface area contributed by atoms with Crippen molar-refractivity contribution >= 4 is 22.8 Å². The van der Waals surface area contributed by atoms with Gasteiger partial charge in [0.1, 0.15) is 17.9 Å². The molecule has 0 radical (unpaired) electrons. The average molecular weight is 340 g/mol. The normalized spacial score (nSPS) is 28.1. The molecule has 5 rings (SSSR count). The van der Waals surface area contributed by atoms with Crippen LogP contribution in [0.15, 0.2) is 10.7 Å². The minimum Gasteiger partial charge on any atom is -0.442 e. The summed E-state index contributed by atoms with van der Waals surface area (Å²) in [4.78, 5) is 23.9. The highest BCUT2D eigenvalue weighted by molar-refractivity contribution is 6.10. The Hall–Kier alpha value is -2.11. The third kappa shape index (κ3) is 2.12. The van der Waals surface area contributed by atoms with Gasteiger partial charge in [0.15, 0.2) is 0 Å². The molecule has 132 valence electrons. The quantitative estimate of drug-likeness (QED) is 0.929. The molecule has 1 saturated heterocycles. The summed E-state index contributed by atoms with van der Waals surface area (Å²) in [6.07, 6.45) is 3.73. The molecule has 2 aromatic rings. The minimum absolute atomic E-state index is 0.0538. The number of furan rings is 1. The number of fused-ring (bicyclic) bond motifs is 2. The number of likely N-dealkylation sites (tertiary alicyclic amines) is 1. The van der Waals surface area contributed by atoms with E-state index in [9.17, 15) is 4.79 Å². The van der Waals surface area contributed by atoms with E-state index >= 15 is 0 Å². The van der Waals surface area contributed by atoms with E-state index in [1.807, 2.05) is 11.8 Å². The van der Waals surface area contributed by atoms with Gasteiger partial charge in [-0.2, -0.15) is 0 Å². The SMILES string of the molecule is Cc1oc2ncnc(NC3(C)CC3)c2c1C(=O)N1CC2C(C1)C2(C)C. The fourth-order valence-electron chi connectivity index (χ4n) is 4.45. The van der Waals surface area contributed by atoms with Gasteiger partial charge in [0.2, 0.25) is 5.71 Å². The lowest BCUT2D eigenvalue weighted by molar-refractivity contribution is 0.0758. The van der Waals surface area contributed by atoms with E-state index in [4.69, 9.17) is 4.42 Å².